The van der Waals surface area contributed by atoms with E-state index in [0.29, 0.717) is 24.4 Å². The topological polar surface area (TPSA) is 88.2 Å². The number of carbonyl (C=O) groups is 1. The summed E-state index contributed by atoms with van der Waals surface area (Å²) in [5, 5.41) is 16.2. The highest BCUT2D eigenvalue weighted by Gasteiger charge is 2.11. The maximum Gasteiger partial charge on any atom is 0.251 e. The van der Waals surface area contributed by atoms with Crippen molar-refractivity contribution < 1.29 is 14.4 Å². The quantitative estimate of drug-likeness (QED) is 0.847. The first-order valence-electron chi connectivity index (χ1n) is 6.91. The normalized spacial score (nSPS) is 12.4. The predicted octanol–water partition coefficient (Wildman–Crippen LogP) is 1.87. The van der Waals surface area contributed by atoms with Gasteiger partial charge >= 0.3 is 0 Å². The summed E-state index contributed by atoms with van der Waals surface area (Å²) in [6, 6.07) is 6.95. The van der Waals surface area contributed by atoms with Crippen molar-refractivity contribution in [3.8, 4) is 11.4 Å². The number of aliphatic hydroxyl groups excluding tert-OH is 1. The number of hydrogen-bond acceptors (Lipinski definition) is 5. The molecule has 0 aliphatic heterocycles. The summed E-state index contributed by atoms with van der Waals surface area (Å²) in [5.74, 6) is 0.517. The summed E-state index contributed by atoms with van der Waals surface area (Å²) in [5.41, 5.74) is 1.34. The first-order valence-corrected chi connectivity index (χ1v) is 6.91. The Morgan fingerprint density at radius 3 is 2.62 bits per heavy atom. The van der Waals surface area contributed by atoms with Crippen molar-refractivity contribution in [2.75, 3.05) is 6.54 Å². The molecule has 112 valence electrons. The number of carbonyl (C=O) groups excluding carboxylic acids is 1. The van der Waals surface area contributed by atoms with Gasteiger partial charge in [0.2, 0.25) is 12.2 Å². The third kappa shape index (κ3) is 4.13. The van der Waals surface area contributed by atoms with Crippen molar-refractivity contribution in [3.63, 3.8) is 0 Å². The molecule has 6 nitrogen and oxygen atoms in total. The van der Waals surface area contributed by atoms with Crippen LogP contribution in [0.2, 0.25) is 0 Å². The summed E-state index contributed by atoms with van der Waals surface area (Å²) in [7, 11) is 0. The Balaban J connectivity index is 1.88. The highest BCUT2D eigenvalue weighted by molar-refractivity contribution is 5.94. The molecule has 0 fully saturated rings. The molecule has 0 aliphatic carbocycles. The molecule has 2 aromatic rings. The van der Waals surface area contributed by atoms with Crippen molar-refractivity contribution in [1.82, 2.24) is 15.5 Å². The van der Waals surface area contributed by atoms with Gasteiger partial charge in [-0.2, -0.15) is 4.98 Å². The van der Waals surface area contributed by atoms with Gasteiger partial charge in [-0.3, -0.25) is 4.79 Å². The van der Waals surface area contributed by atoms with Crippen LogP contribution >= 0.6 is 0 Å². The van der Waals surface area contributed by atoms with Crippen LogP contribution in [0.5, 0.6) is 0 Å². The lowest BCUT2D eigenvalue weighted by Crippen LogP contribution is -2.28. The fraction of sp³-hybridized carbons (Fsp3) is 0.400. The van der Waals surface area contributed by atoms with Crippen LogP contribution in [0.4, 0.5) is 0 Å². The predicted molar refractivity (Wildman–Crippen MR) is 77.5 cm³/mol. The number of aromatic nitrogens is 2. The molecule has 1 atom stereocenters. The summed E-state index contributed by atoms with van der Waals surface area (Å²) < 4.78 is 4.68. The van der Waals surface area contributed by atoms with E-state index in [-0.39, 0.29) is 11.8 Å². The van der Waals surface area contributed by atoms with Gasteiger partial charge in [0.15, 0.2) is 0 Å². The standard InChI is InChI=1S/C15H19N3O3/c1-10(2)13(19)7-8-16-15(20)12-5-3-11(4-6-12)14-17-9-21-18-14/h3-6,9-10,13,19H,7-8H2,1-2H3,(H,16,20). The minimum Gasteiger partial charge on any atom is -0.393 e. The van der Waals surface area contributed by atoms with Crippen molar-refractivity contribution in [3.05, 3.63) is 36.2 Å². The van der Waals surface area contributed by atoms with Gasteiger partial charge in [0.25, 0.3) is 5.91 Å². The summed E-state index contributed by atoms with van der Waals surface area (Å²) in [6.07, 6.45) is 1.41. The second kappa shape index (κ2) is 6.99. The van der Waals surface area contributed by atoms with E-state index in [2.05, 4.69) is 20.0 Å². The first kappa shape index (κ1) is 15.2. The van der Waals surface area contributed by atoms with Gasteiger partial charge < -0.3 is 14.9 Å². The monoisotopic (exact) mass is 289 g/mol. The SMILES string of the molecule is CC(C)C(O)CCNC(=O)c1ccc(-c2ncon2)cc1. The highest BCUT2D eigenvalue weighted by Crippen LogP contribution is 2.15. The molecule has 0 aliphatic rings. The van der Waals surface area contributed by atoms with Crippen LogP contribution < -0.4 is 5.32 Å². The maximum atomic E-state index is 12.0. The zero-order valence-electron chi connectivity index (χ0n) is 12.1. The molecule has 0 radical (unpaired) electrons. The van der Waals surface area contributed by atoms with Gasteiger partial charge in [-0.25, -0.2) is 0 Å². The third-order valence-corrected chi connectivity index (χ3v) is 3.26. The van der Waals surface area contributed by atoms with Crippen LogP contribution in [0.1, 0.15) is 30.6 Å². The molecule has 6 heteroatoms. The number of aliphatic hydroxyl groups is 1. The molecule has 0 saturated carbocycles. The Morgan fingerprint density at radius 2 is 2.05 bits per heavy atom. The van der Waals surface area contributed by atoms with Crippen molar-refractivity contribution in [1.29, 1.82) is 0 Å². The molecule has 2 N–H and O–H groups in total. The van der Waals surface area contributed by atoms with E-state index in [9.17, 15) is 9.90 Å². The third-order valence-electron chi connectivity index (χ3n) is 3.26. The van der Waals surface area contributed by atoms with Crippen molar-refractivity contribution in [2.45, 2.75) is 26.4 Å². The zero-order chi connectivity index (χ0) is 15.2. The van der Waals surface area contributed by atoms with Crippen LogP contribution in [0.25, 0.3) is 11.4 Å². The number of nitrogens with zero attached hydrogens (tertiary/aromatic N) is 2. The second-order valence-electron chi connectivity index (χ2n) is 5.19. The number of rotatable bonds is 6. The molecule has 2 rings (SSSR count). The van der Waals surface area contributed by atoms with E-state index < -0.39 is 6.10 Å². The molecule has 1 unspecified atom stereocenters. The Kier molecular flexibility index (Phi) is 5.05. The van der Waals surface area contributed by atoms with Crippen LogP contribution in [0.3, 0.4) is 0 Å². The van der Waals surface area contributed by atoms with Crippen molar-refractivity contribution in [2.24, 2.45) is 5.92 Å². The zero-order valence-corrected chi connectivity index (χ0v) is 12.1. The van der Waals surface area contributed by atoms with Gasteiger partial charge in [-0.05, 0) is 24.5 Å². The highest BCUT2D eigenvalue weighted by atomic mass is 16.5. The van der Waals surface area contributed by atoms with Crippen LogP contribution in [0.15, 0.2) is 35.2 Å². The number of amides is 1. The minimum atomic E-state index is -0.397. The summed E-state index contributed by atoms with van der Waals surface area (Å²) in [4.78, 5) is 15.9. The number of hydrogen-bond donors (Lipinski definition) is 2. The van der Waals surface area contributed by atoms with E-state index in [4.69, 9.17) is 0 Å². The number of benzene rings is 1. The average molecular weight is 289 g/mol. The lowest BCUT2D eigenvalue weighted by molar-refractivity contribution is 0.0920. The largest absolute Gasteiger partial charge is 0.393 e. The summed E-state index contributed by atoms with van der Waals surface area (Å²) >= 11 is 0. The van der Waals surface area contributed by atoms with E-state index >= 15 is 0 Å². The fourth-order valence-electron chi connectivity index (χ4n) is 1.84. The van der Waals surface area contributed by atoms with Gasteiger partial charge in [0.1, 0.15) is 0 Å². The maximum absolute atomic E-state index is 12.0. The average Bonchev–Trinajstić information content (AvgIpc) is 3.01. The van der Waals surface area contributed by atoms with Gasteiger partial charge in [0, 0.05) is 17.7 Å². The Labute approximate surface area is 123 Å². The van der Waals surface area contributed by atoms with Crippen molar-refractivity contribution >= 4 is 5.91 Å². The van der Waals surface area contributed by atoms with Gasteiger partial charge in [0.05, 0.1) is 6.10 Å². The molecule has 1 aromatic carbocycles. The lowest BCUT2D eigenvalue weighted by atomic mass is 10.0. The Hall–Kier alpha value is -2.21. The molecule has 21 heavy (non-hydrogen) atoms. The number of nitrogens with one attached hydrogen (secondary N) is 1. The van der Waals surface area contributed by atoms with Crippen LogP contribution in [-0.2, 0) is 0 Å². The molecule has 0 saturated heterocycles. The molecule has 0 spiro atoms. The summed E-state index contributed by atoms with van der Waals surface area (Å²) in [6.45, 7) is 4.34. The first-order chi connectivity index (χ1) is 10.1. The Morgan fingerprint density at radius 1 is 1.33 bits per heavy atom. The second-order valence-corrected chi connectivity index (χ2v) is 5.19. The van der Waals surface area contributed by atoms with Gasteiger partial charge in [-0.1, -0.05) is 31.1 Å². The van der Waals surface area contributed by atoms with E-state index in [1.807, 2.05) is 13.8 Å². The van der Waals surface area contributed by atoms with Gasteiger partial charge in [-0.15, -0.1) is 0 Å². The fourth-order valence-corrected chi connectivity index (χ4v) is 1.84. The Bertz CT molecular complexity index is 564. The molecular formula is C15H19N3O3. The molecular weight excluding hydrogens is 270 g/mol. The molecule has 1 heterocycles. The lowest BCUT2D eigenvalue weighted by Gasteiger charge is -2.14. The van der Waals surface area contributed by atoms with E-state index in [1.54, 1.807) is 24.3 Å². The molecule has 1 amide bonds. The van der Waals surface area contributed by atoms with E-state index in [0.717, 1.165) is 5.56 Å². The molecule has 0 bridgehead atoms. The minimum absolute atomic E-state index is 0.161. The molecule has 1 aromatic heterocycles. The van der Waals surface area contributed by atoms with E-state index in [1.165, 1.54) is 6.39 Å². The van der Waals surface area contributed by atoms with Crippen LogP contribution in [-0.4, -0.2) is 33.8 Å². The smallest absolute Gasteiger partial charge is 0.251 e. The van der Waals surface area contributed by atoms with Crippen LogP contribution in [0, 0.1) is 5.92 Å².